The number of ether oxygens (including phenoxy) is 2. The minimum Gasteiger partial charge on any atom is -0.496 e. The fraction of sp³-hybridized carbons (Fsp3) is 0.150. The van der Waals surface area contributed by atoms with Gasteiger partial charge in [-0.3, -0.25) is 9.59 Å². The van der Waals surface area contributed by atoms with E-state index in [1.807, 2.05) is 12.1 Å². The van der Waals surface area contributed by atoms with E-state index in [0.717, 1.165) is 17.3 Å². The molecule has 0 aromatic heterocycles. The number of thioether (sulfide) groups is 1. The van der Waals surface area contributed by atoms with Crippen LogP contribution >= 0.6 is 11.8 Å². The van der Waals surface area contributed by atoms with Crippen LogP contribution in [0.2, 0.25) is 0 Å². The first-order valence-electron chi connectivity index (χ1n) is 8.13. The highest BCUT2D eigenvalue weighted by Crippen LogP contribution is 2.30. The summed E-state index contributed by atoms with van der Waals surface area (Å²) in [6, 6.07) is 14.3. The molecule has 2 aromatic rings. The zero-order valence-corrected chi connectivity index (χ0v) is 15.4. The Morgan fingerprint density at radius 2 is 1.93 bits per heavy atom. The molecule has 6 nitrogen and oxygen atoms in total. The normalized spacial score (nSPS) is 16.0. The van der Waals surface area contributed by atoms with Crippen LogP contribution in [0.4, 0.5) is 0 Å². The quantitative estimate of drug-likeness (QED) is 0.270. The van der Waals surface area contributed by atoms with Crippen LogP contribution in [0.5, 0.6) is 11.5 Å². The first kappa shape index (κ1) is 18.7. The second-order valence-corrected chi connectivity index (χ2v) is 6.79. The second kappa shape index (κ2) is 8.55. The van der Waals surface area contributed by atoms with E-state index in [2.05, 4.69) is 5.16 Å². The van der Waals surface area contributed by atoms with Crippen LogP contribution in [-0.2, 0) is 9.59 Å². The standard InChI is InChI=1S/C20H17NO5S/c1-25-18-5-3-2-4-15(18)16(21-24)12-26-14-8-6-13(7-9-14)10-19-17(22)11-20(23)27-19/h2-10,24H,11-12H2,1H3/b19-10-,21-16?. The van der Waals surface area contributed by atoms with Crippen molar-refractivity contribution in [2.45, 2.75) is 6.42 Å². The maximum absolute atomic E-state index is 11.7. The van der Waals surface area contributed by atoms with Crippen LogP contribution in [0.3, 0.4) is 0 Å². The molecule has 0 bridgehead atoms. The number of nitrogens with zero attached hydrogens (tertiary/aromatic N) is 1. The highest BCUT2D eigenvalue weighted by Gasteiger charge is 2.25. The molecule has 0 spiro atoms. The van der Waals surface area contributed by atoms with Gasteiger partial charge in [0.05, 0.1) is 18.4 Å². The average Bonchev–Trinajstić information content (AvgIpc) is 3.00. The van der Waals surface area contributed by atoms with E-state index in [0.29, 0.717) is 27.7 Å². The van der Waals surface area contributed by atoms with E-state index in [4.69, 9.17) is 9.47 Å². The average molecular weight is 383 g/mol. The van der Waals surface area contributed by atoms with Gasteiger partial charge >= 0.3 is 0 Å². The molecule has 27 heavy (non-hydrogen) atoms. The number of carbonyl (C=O) groups excluding carboxylic acids is 2. The fourth-order valence-corrected chi connectivity index (χ4v) is 3.38. The summed E-state index contributed by atoms with van der Waals surface area (Å²) in [7, 11) is 1.54. The minimum absolute atomic E-state index is 0.0378. The first-order chi connectivity index (χ1) is 13.1. The molecule has 0 aliphatic carbocycles. The van der Waals surface area contributed by atoms with Crippen LogP contribution < -0.4 is 9.47 Å². The Balaban J connectivity index is 1.67. The Morgan fingerprint density at radius 3 is 2.56 bits per heavy atom. The lowest BCUT2D eigenvalue weighted by atomic mass is 10.1. The molecule has 138 valence electrons. The van der Waals surface area contributed by atoms with E-state index in [-0.39, 0.29) is 23.9 Å². The summed E-state index contributed by atoms with van der Waals surface area (Å²) < 4.78 is 11.0. The summed E-state index contributed by atoms with van der Waals surface area (Å²) in [6.07, 6.45) is 1.65. The van der Waals surface area contributed by atoms with Gasteiger partial charge in [0.2, 0.25) is 5.12 Å². The Labute approximate surface area is 160 Å². The number of hydrogen-bond acceptors (Lipinski definition) is 7. The Bertz CT molecular complexity index is 918. The molecule has 1 aliphatic rings. The maximum Gasteiger partial charge on any atom is 0.201 e. The molecule has 1 saturated heterocycles. The third-order valence-corrected chi connectivity index (χ3v) is 4.83. The van der Waals surface area contributed by atoms with Crippen LogP contribution in [0, 0.1) is 0 Å². The lowest BCUT2D eigenvalue weighted by molar-refractivity contribution is -0.119. The van der Waals surface area contributed by atoms with Gasteiger partial charge in [-0.2, -0.15) is 0 Å². The summed E-state index contributed by atoms with van der Waals surface area (Å²) in [5, 5.41) is 12.5. The Hall–Kier alpha value is -3.06. The number of oxime groups is 1. The summed E-state index contributed by atoms with van der Waals surface area (Å²) in [5.41, 5.74) is 1.78. The number of Topliss-reactive ketones (excluding diaryl/α,β-unsaturated/α-hetero) is 1. The van der Waals surface area contributed by atoms with Crippen LogP contribution in [0.15, 0.2) is 58.6 Å². The van der Waals surface area contributed by atoms with Crippen molar-refractivity contribution in [3.05, 3.63) is 64.6 Å². The van der Waals surface area contributed by atoms with Crippen molar-refractivity contribution in [3.8, 4) is 11.5 Å². The molecule has 1 aliphatic heterocycles. The lowest BCUT2D eigenvalue weighted by Crippen LogP contribution is -2.14. The SMILES string of the molecule is COc1ccccc1C(COc1ccc(/C=C2\SC(=O)CC2=O)cc1)=NO. The number of benzene rings is 2. The van der Waals surface area contributed by atoms with Gasteiger partial charge in [-0.25, -0.2) is 0 Å². The van der Waals surface area contributed by atoms with Crippen molar-refractivity contribution in [2.75, 3.05) is 13.7 Å². The number of hydrogen-bond donors (Lipinski definition) is 1. The number of carbonyl (C=O) groups is 2. The first-order valence-corrected chi connectivity index (χ1v) is 8.95. The van der Waals surface area contributed by atoms with Crippen molar-refractivity contribution in [1.29, 1.82) is 0 Å². The van der Waals surface area contributed by atoms with Crippen LogP contribution in [-0.4, -0.2) is 35.5 Å². The minimum atomic E-state index is -0.147. The molecule has 0 amide bonds. The highest BCUT2D eigenvalue weighted by molar-refractivity contribution is 8.18. The molecule has 2 aromatic carbocycles. The van der Waals surface area contributed by atoms with Crippen molar-refractivity contribution in [3.63, 3.8) is 0 Å². The van der Waals surface area contributed by atoms with Crippen LogP contribution in [0.25, 0.3) is 6.08 Å². The maximum atomic E-state index is 11.7. The van der Waals surface area contributed by atoms with Gasteiger partial charge in [-0.1, -0.05) is 29.4 Å². The van der Waals surface area contributed by atoms with E-state index in [9.17, 15) is 14.8 Å². The summed E-state index contributed by atoms with van der Waals surface area (Å²) in [5.74, 6) is 1.02. The van der Waals surface area contributed by atoms with Gasteiger partial charge in [-0.05, 0) is 47.7 Å². The fourth-order valence-electron chi connectivity index (χ4n) is 2.55. The van der Waals surface area contributed by atoms with Crippen molar-refractivity contribution in [1.82, 2.24) is 0 Å². The van der Waals surface area contributed by atoms with Gasteiger partial charge in [0.15, 0.2) is 5.78 Å². The van der Waals surface area contributed by atoms with E-state index >= 15 is 0 Å². The molecule has 1 N–H and O–H groups in total. The summed E-state index contributed by atoms with van der Waals surface area (Å²) in [6.45, 7) is 0.0557. The second-order valence-electron chi connectivity index (χ2n) is 5.69. The molecule has 0 atom stereocenters. The number of rotatable bonds is 6. The van der Waals surface area contributed by atoms with Crippen molar-refractivity contribution >= 4 is 34.4 Å². The van der Waals surface area contributed by atoms with Gasteiger partial charge in [0.25, 0.3) is 0 Å². The molecule has 7 heteroatoms. The number of ketones is 1. The smallest absolute Gasteiger partial charge is 0.201 e. The lowest BCUT2D eigenvalue weighted by Gasteiger charge is -2.11. The zero-order valence-electron chi connectivity index (χ0n) is 14.5. The van der Waals surface area contributed by atoms with Crippen molar-refractivity contribution < 1.29 is 24.3 Å². The van der Waals surface area contributed by atoms with Crippen LogP contribution in [0.1, 0.15) is 17.5 Å². The third kappa shape index (κ3) is 4.57. The zero-order chi connectivity index (χ0) is 19.2. The van der Waals surface area contributed by atoms with Crippen molar-refractivity contribution in [2.24, 2.45) is 5.16 Å². The topological polar surface area (TPSA) is 85.2 Å². The molecule has 3 rings (SSSR count). The third-order valence-electron chi connectivity index (χ3n) is 3.90. The molecular formula is C20H17NO5S. The number of methoxy groups -OCH3 is 1. The number of para-hydroxylation sites is 1. The molecule has 0 unspecified atom stereocenters. The monoisotopic (exact) mass is 383 g/mol. The van der Waals surface area contributed by atoms with Gasteiger partial charge in [0, 0.05) is 5.56 Å². The molecular weight excluding hydrogens is 366 g/mol. The predicted molar refractivity (Wildman–Crippen MR) is 103 cm³/mol. The van der Waals surface area contributed by atoms with E-state index < -0.39 is 0 Å². The van der Waals surface area contributed by atoms with E-state index in [1.165, 1.54) is 0 Å². The summed E-state index contributed by atoms with van der Waals surface area (Å²) >= 11 is 0.977. The highest BCUT2D eigenvalue weighted by atomic mass is 32.2. The largest absolute Gasteiger partial charge is 0.496 e. The molecule has 0 saturated carbocycles. The van der Waals surface area contributed by atoms with Gasteiger partial charge < -0.3 is 14.7 Å². The molecule has 1 heterocycles. The Kier molecular flexibility index (Phi) is 5.93. The molecule has 1 fully saturated rings. The Morgan fingerprint density at radius 1 is 1.19 bits per heavy atom. The summed E-state index contributed by atoms with van der Waals surface area (Å²) in [4.78, 5) is 23.4. The van der Waals surface area contributed by atoms with Gasteiger partial charge in [-0.15, -0.1) is 0 Å². The molecule has 0 radical (unpaired) electrons. The predicted octanol–water partition coefficient (Wildman–Crippen LogP) is 3.53. The van der Waals surface area contributed by atoms with E-state index in [1.54, 1.807) is 49.6 Å². The number of allylic oxidation sites excluding steroid dienone is 1. The van der Waals surface area contributed by atoms with Gasteiger partial charge in [0.1, 0.15) is 23.8 Å².